The number of hydrogen-bond acceptors (Lipinski definition) is 9. The molecule has 2 heterocycles. The molecule has 5 rings (SSSR count). The molecule has 0 aromatic rings. The Morgan fingerprint density at radius 3 is 2.31 bits per heavy atom. The van der Waals surface area contributed by atoms with Crippen LogP contribution in [0, 0.1) is 5.92 Å². The maximum absolute atomic E-state index is 14.6. The first kappa shape index (κ1) is 37.8. The molecule has 0 aromatic carbocycles. The minimum atomic E-state index is -3.85. The van der Waals surface area contributed by atoms with E-state index in [9.17, 15) is 27.6 Å². The zero-order valence-corrected chi connectivity index (χ0v) is 32.3. The Balaban J connectivity index is 1.48. The van der Waals surface area contributed by atoms with Gasteiger partial charge >= 0.3 is 6.09 Å². The number of carbonyl (C=O) groups excluding carboxylic acids is 4. The van der Waals surface area contributed by atoms with Gasteiger partial charge < -0.3 is 24.7 Å². The van der Waals surface area contributed by atoms with Crippen LogP contribution in [0.4, 0.5) is 4.79 Å². The molecule has 5 atom stereocenters. The maximum atomic E-state index is 14.6. The number of ether oxygens (including phenoxy) is 1. The lowest BCUT2D eigenvalue weighted by atomic mass is 10.1. The van der Waals surface area contributed by atoms with Crippen LogP contribution >= 0.6 is 0 Å². The molecule has 5 aliphatic rings. The Labute approximate surface area is 292 Å². The predicted octanol–water partition coefficient (Wildman–Crippen LogP) is 3.17. The molecule has 0 radical (unpaired) electrons. The van der Waals surface area contributed by atoms with Crippen LogP contribution in [0.3, 0.4) is 0 Å². The van der Waals surface area contributed by atoms with E-state index in [-0.39, 0.29) is 36.9 Å². The van der Waals surface area contributed by atoms with E-state index in [1.165, 1.54) is 4.90 Å². The van der Waals surface area contributed by atoms with Crippen molar-refractivity contribution in [3.8, 4) is 0 Å². The summed E-state index contributed by atoms with van der Waals surface area (Å²) >= 11 is 0. The van der Waals surface area contributed by atoms with E-state index in [1.54, 1.807) is 20.8 Å². The van der Waals surface area contributed by atoms with Gasteiger partial charge in [-0.2, -0.15) is 0 Å². The second-order valence-electron chi connectivity index (χ2n) is 17.2. The third kappa shape index (κ3) is 9.06. The Kier molecular flexibility index (Phi) is 10.5. The molecule has 1 saturated heterocycles. The lowest BCUT2D eigenvalue weighted by Gasteiger charge is -2.38. The third-order valence-electron chi connectivity index (χ3n) is 10.7. The van der Waals surface area contributed by atoms with Gasteiger partial charge in [-0.25, -0.2) is 13.2 Å². The Bertz CT molecular complexity index is 1450. The largest absolute Gasteiger partial charge is 0.444 e. The SMILES string of the molecule is CC(C)(C)OC(=O)N[C@H]1CN(C2CC2)CCC/C=C\C2C[C@@]2(C(=O)NS(=O)(=O)C2CC2)NC(=O)[C@@H]2C[C@@H](O[Si](C)(C)C(C)(C)C)CN2C1=O. The number of carbonyl (C=O) groups is 4. The minimum absolute atomic E-state index is 0.121. The van der Waals surface area contributed by atoms with Crippen LogP contribution in [-0.4, -0.2) is 111 Å². The molecule has 0 aromatic heterocycles. The summed E-state index contributed by atoms with van der Waals surface area (Å²) in [6, 6.07) is -1.69. The van der Waals surface area contributed by atoms with Crippen LogP contribution < -0.4 is 15.4 Å². The summed E-state index contributed by atoms with van der Waals surface area (Å²) in [5, 5.41) is 5.03. The van der Waals surface area contributed by atoms with Gasteiger partial charge in [0.05, 0.1) is 11.4 Å². The van der Waals surface area contributed by atoms with E-state index in [4.69, 9.17) is 9.16 Å². The molecule has 0 spiro atoms. The fourth-order valence-electron chi connectivity index (χ4n) is 6.54. The molecule has 1 unspecified atom stereocenters. The first-order valence-electron chi connectivity index (χ1n) is 17.9. The number of nitrogens with one attached hydrogen (secondary N) is 3. The van der Waals surface area contributed by atoms with E-state index in [0.717, 1.165) is 19.3 Å². The first-order valence-corrected chi connectivity index (χ1v) is 22.3. The van der Waals surface area contributed by atoms with Gasteiger partial charge in [-0.15, -0.1) is 0 Å². The van der Waals surface area contributed by atoms with Gasteiger partial charge in [-0.3, -0.25) is 24.0 Å². The van der Waals surface area contributed by atoms with E-state index in [1.807, 2.05) is 12.2 Å². The van der Waals surface area contributed by atoms with Crippen LogP contribution in [-0.2, 0) is 33.6 Å². The quantitative estimate of drug-likeness (QED) is 0.265. The van der Waals surface area contributed by atoms with Gasteiger partial charge in [0, 0.05) is 31.5 Å². The van der Waals surface area contributed by atoms with E-state index in [0.29, 0.717) is 31.8 Å². The Morgan fingerprint density at radius 1 is 1.04 bits per heavy atom. The zero-order chi connectivity index (χ0) is 36.2. The molecule has 3 saturated carbocycles. The molecule has 0 bridgehead atoms. The highest BCUT2D eigenvalue weighted by molar-refractivity contribution is 7.91. The number of rotatable bonds is 7. The molecule has 3 aliphatic carbocycles. The molecule has 13 nitrogen and oxygen atoms in total. The molecule has 49 heavy (non-hydrogen) atoms. The van der Waals surface area contributed by atoms with Gasteiger partial charge in [0.25, 0.3) is 5.91 Å². The average Bonchev–Trinajstić information content (AvgIpc) is 3.83. The van der Waals surface area contributed by atoms with Crippen LogP contribution in [0.25, 0.3) is 0 Å². The highest BCUT2D eigenvalue weighted by Gasteiger charge is 2.62. The maximum Gasteiger partial charge on any atom is 0.408 e. The fraction of sp³-hybridized carbons (Fsp3) is 0.824. The number of amides is 4. The van der Waals surface area contributed by atoms with Crippen molar-refractivity contribution in [2.45, 2.75) is 152 Å². The molecule has 15 heteroatoms. The average molecular weight is 724 g/mol. The zero-order valence-electron chi connectivity index (χ0n) is 30.5. The van der Waals surface area contributed by atoms with E-state index in [2.05, 4.69) is 54.1 Å². The predicted molar refractivity (Wildman–Crippen MR) is 187 cm³/mol. The number of alkyl carbamates (subject to hydrolysis) is 1. The van der Waals surface area contributed by atoms with Gasteiger partial charge in [0.2, 0.25) is 21.8 Å². The Hall–Kier alpha value is -2.49. The number of fused-ring (bicyclic) bond motifs is 2. The van der Waals surface area contributed by atoms with Crippen molar-refractivity contribution < 1.29 is 36.8 Å². The van der Waals surface area contributed by atoms with Crippen molar-refractivity contribution in [3.05, 3.63) is 12.2 Å². The van der Waals surface area contributed by atoms with Gasteiger partial charge in [-0.1, -0.05) is 32.9 Å². The van der Waals surface area contributed by atoms with Crippen LogP contribution in [0.1, 0.15) is 92.9 Å². The van der Waals surface area contributed by atoms with Crippen molar-refractivity contribution in [1.82, 2.24) is 25.2 Å². The molecular weight excluding hydrogens is 667 g/mol. The Morgan fingerprint density at radius 2 is 1.71 bits per heavy atom. The first-order chi connectivity index (χ1) is 22.6. The standard InChI is InChI=1S/C34H57N5O8SSi/c1-32(2,3)46-31(43)35-26-21-38(23-13-14-23)17-11-9-10-12-22-19-34(22,30(42)37-48(44,45)25-15-16-25)36-28(40)27-18-24(20-39(27)29(26)41)47-49(7,8)33(4,5)6/h10,12,22-27H,9,11,13-21H2,1-8H3,(H,35,43)(H,36,40)(H,37,42)/b12-10-/t22?,24-,26+,27+,34-/m1/s1. The van der Waals surface area contributed by atoms with Crippen LogP contribution in [0.2, 0.25) is 18.1 Å². The van der Waals surface area contributed by atoms with Crippen LogP contribution in [0.5, 0.6) is 0 Å². The molecule has 4 fully saturated rings. The van der Waals surface area contributed by atoms with E-state index < -0.39 is 76.7 Å². The van der Waals surface area contributed by atoms with Crippen molar-refractivity contribution in [2.24, 2.45) is 5.92 Å². The lowest BCUT2D eigenvalue weighted by Crippen LogP contribution is -2.60. The second-order valence-corrected chi connectivity index (χ2v) is 23.9. The smallest absolute Gasteiger partial charge is 0.408 e. The number of allylic oxidation sites excluding steroid dienone is 1. The normalized spacial score (nSPS) is 31.4. The van der Waals surface area contributed by atoms with E-state index >= 15 is 0 Å². The van der Waals surface area contributed by atoms with Gasteiger partial charge in [-0.05, 0) is 90.4 Å². The summed E-state index contributed by atoms with van der Waals surface area (Å²) in [5.74, 6) is -2.11. The van der Waals surface area contributed by atoms with Crippen molar-refractivity contribution in [2.75, 3.05) is 19.6 Å². The third-order valence-corrected chi connectivity index (χ3v) is 17.1. The highest BCUT2D eigenvalue weighted by atomic mass is 32.2. The monoisotopic (exact) mass is 723 g/mol. The van der Waals surface area contributed by atoms with Crippen LogP contribution in [0.15, 0.2) is 12.2 Å². The molecular formula is C34H57N5O8SSi. The number of hydrogen-bond donors (Lipinski definition) is 3. The minimum Gasteiger partial charge on any atom is -0.444 e. The molecule has 276 valence electrons. The van der Waals surface area contributed by atoms with Gasteiger partial charge in [0.1, 0.15) is 23.2 Å². The summed E-state index contributed by atoms with van der Waals surface area (Å²) < 4.78 is 40.1. The van der Waals surface area contributed by atoms with Crippen molar-refractivity contribution in [3.63, 3.8) is 0 Å². The summed E-state index contributed by atoms with van der Waals surface area (Å²) in [5.41, 5.74) is -2.23. The highest BCUT2D eigenvalue weighted by Crippen LogP contribution is 2.46. The topological polar surface area (TPSA) is 163 Å². The molecule has 2 aliphatic heterocycles. The summed E-state index contributed by atoms with van der Waals surface area (Å²) in [6.45, 7) is 17.0. The van der Waals surface area contributed by atoms with Gasteiger partial charge in [0.15, 0.2) is 8.32 Å². The van der Waals surface area contributed by atoms with Crippen molar-refractivity contribution >= 4 is 42.2 Å². The molecule has 4 amide bonds. The second kappa shape index (κ2) is 13.6. The number of nitrogens with zero attached hydrogens (tertiary/aromatic N) is 2. The number of sulfonamides is 1. The lowest BCUT2D eigenvalue weighted by molar-refractivity contribution is -0.141. The summed E-state index contributed by atoms with van der Waals surface area (Å²) in [6.07, 6.45) is 7.66. The molecule has 3 N–H and O–H groups in total. The van der Waals surface area contributed by atoms with Crippen molar-refractivity contribution in [1.29, 1.82) is 0 Å². The summed E-state index contributed by atoms with van der Waals surface area (Å²) in [4.78, 5) is 59.4. The fourth-order valence-corrected chi connectivity index (χ4v) is 9.26. The summed E-state index contributed by atoms with van der Waals surface area (Å²) in [7, 11) is -6.18.